The lowest BCUT2D eigenvalue weighted by molar-refractivity contribution is -0.714. The summed E-state index contributed by atoms with van der Waals surface area (Å²) in [6.07, 6.45) is 3.49. The molecule has 0 spiro atoms. The highest BCUT2D eigenvalue weighted by Gasteiger charge is 2.27. The van der Waals surface area contributed by atoms with Gasteiger partial charge in [-0.25, -0.2) is 0 Å². The molecule has 2 atom stereocenters. The molecule has 0 aromatic heterocycles. The Bertz CT molecular complexity index is 696. The molecule has 23 heavy (non-hydrogen) atoms. The van der Waals surface area contributed by atoms with Crippen molar-refractivity contribution in [2.24, 2.45) is 0 Å². The number of nitrogens with one attached hydrogen (secondary N) is 1. The molecular weight excluding hydrogens is 284 g/mol. The first kappa shape index (κ1) is 15.8. The van der Waals surface area contributed by atoms with Gasteiger partial charge in [0.1, 0.15) is 6.04 Å². The minimum atomic E-state index is -0.105. The molecule has 1 aliphatic rings. The molecule has 2 aromatic carbocycles. The molecule has 0 saturated heterocycles. The summed E-state index contributed by atoms with van der Waals surface area (Å²) in [6.45, 7) is 4.02. The zero-order valence-corrected chi connectivity index (χ0v) is 13.9. The minimum Gasteiger partial charge on any atom is -0.330 e. The van der Waals surface area contributed by atoms with Gasteiger partial charge in [-0.1, -0.05) is 36.4 Å². The third-order valence-electron chi connectivity index (χ3n) is 4.64. The van der Waals surface area contributed by atoms with E-state index in [1.165, 1.54) is 17.5 Å². The van der Waals surface area contributed by atoms with Crippen LogP contribution in [-0.2, 0) is 11.2 Å². The van der Waals surface area contributed by atoms with Crippen LogP contribution in [-0.4, -0.2) is 11.9 Å². The summed E-state index contributed by atoms with van der Waals surface area (Å²) >= 11 is 0. The molecule has 120 valence electrons. The van der Waals surface area contributed by atoms with Crippen LogP contribution in [0, 0.1) is 6.92 Å². The van der Waals surface area contributed by atoms with Crippen LogP contribution >= 0.6 is 0 Å². The number of quaternary nitrogens is 1. The molecule has 0 heterocycles. The van der Waals surface area contributed by atoms with E-state index in [0.717, 1.165) is 24.1 Å². The van der Waals surface area contributed by atoms with Crippen molar-refractivity contribution in [3.63, 3.8) is 0 Å². The second kappa shape index (κ2) is 6.97. The van der Waals surface area contributed by atoms with E-state index in [0.29, 0.717) is 6.04 Å². The monoisotopic (exact) mass is 309 g/mol. The number of carbonyl (C=O) groups is 1. The molecule has 0 fully saturated rings. The molecule has 3 rings (SSSR count). The Morgan fingerprint density at radius 3 is 2.87 bits per heavy atom. The SMILES string of the molecule is Cc1cccc(NC(=O)[C@H](C)[NH2+][C@H]2CCCc3ccccc32)c1. The standard InChI is InChI=1S/C20H24N2O/c1-14-7-5-10-17(13-14)22-20(23)15(2)21-19-12-6-9-16-8-3-4-11-18(16)19/h3-5,7-8,10-11,13,15,19,21H,6,9,12H2,1-2H3,(H,22,23)/p+1/t15-,19-/m0/s1. The van der Waals surface area contributed by atoms with Gasteiger partial charge in [0.2, 0.25) is 0 Å². The van der Waals surface area contributed by atoms with Gasteiger partial charge in [0, 0.05) is 17.7 Å². The van der Waals surface area contributed by atoms with E-state index in [4.69, 9.17) is 0 Å². The van der Waals surface area contributed by atoms with Crippen LogP contribution in [0.4, 0.5) is 5.69 Å². The Hall–Kier alpha value is -2.13. The smallest absolute Gasteiger partial charge is 0.282 e. The quantitative estimate of drug-likeness (QED) is 0.896. The average Bonchev–Trinajstić information content (AvgIpc) is 2.55. The molecule has 2 aromatic rings. The van der Waals surface area contributed by atoms with Gasteiger partial charge in [-0.15, -0.1) is 0 Å². The second-order valence-corrected chi connectivity index (χ2v) is 6.54. The number of hydrogen-bond donors (Lipinski definition) is 2. The second-order valence-electron chi connectivity index (χ2n) is 6.54. The summed E-state index contributed by atoms with van der Waals surface area (Å²) < 4.78 is 0. The average molecular weight is 309 g/mol. The fourth-order valence-electron chi connectivity index (χ4n) is 3.41. The molecule has 0 unspecified atom stereocenters. The Morgan fingerprint density at radius 2 is 2.04 bits per heavy atom. The maximum atomic E-state index is 12.5. The lowest BCUT2D eigenvalue weighted by Crippen LogP contribution is -2.92. The highest BCUT2D eigenvalue weighted by molar-refractivity contribution is 5.93. The molecule has 0 bridgehead atoms. The summed E-state index contributed by atoms with van der Waals surface area (Å²) in [7, 11) is 0. The van der Waals surface area contributed by atoms with E-state index in [1.807, 2.05) is 38.1 Å². The first-order valence-electron chi connectivity index (χ1n) is 8.44. The van der Waals surface area contributed by atoms with Gasteiger partial charge in [-0.05, 0) is 49.9 Å². The summed E-state index contributed by atoms with van der Waals surface area (Å²) in [6, 6.07) is 16.9. The van der Waals surface area contributed by atoms with E-state index < -0.39 is 0 Å². The predicted octanol–water partition coefficient (Wildman–Crippen LogP) is 2.96. The maximum Gasteiger partial charge on any atom is 0.282 e. The Kier molecular flexibility index (Phi) is 4.77. The van der Waals surface area contributed by atoms with Gasteiger partial charge in [0.05, 0.1) is 0 Å². The number of amides is 1. The lowest BCUT2D eigenvalue weighted by Gasteiger charge is -2.26. The molecule has 3 heteroatoms. The van der Waals surface area contributed by atoms with Crippen molar-refractivity contribution in [3.8, 4) is 0 Å². The number of benzene rings is 2. The highest BCUT2D eigenvalue weighted by Crippen LogP contribution is 2.26. The molecular formula is C20H25N2O+. The van der Waals surface area contributed by atoms with Gasteiger partial charge >= 0.3 is 0 Å². The van der Waals surface area contributed by atoms with Gasteiger partial charge in [-0.2, -0.15) is 0 Å². The first-order valence-corrected chi connectivity index (χ1v) is 8.44. The first-order chi connectivity index (χ1) is 11.1. The van der Waals surface area contributed by atoms with Crippen molar-refractivity contribution in [2.45, 2.75) is 45.2 Å². The number of anilines is 1. The highest BCUT2D eigenvalue weighted by atomic mass is 16.2. The zero-order valence-electron chi connectivity index (χ0n) is 13.9. The fourth-order valence-corrected chi connectivity index (χ4v) is 3.41. The van der Waals surface area contributed by atoms with Crippen molar-refractivity contribution in [2.75, 3.05) is 5.32 Å². The lowest BCUT2D eigenvalue weighted by atomic mass is 9.87. The summed E-state index contributed by atoms with van der Waals surface area (Å²) in [5.74, 6) is 0.0682. The van der Waals surface area contributed by atoms with Crippen LogP contribution in [0.2, 0.25) is 0 Å². The number of fused-ring (bicyclic) bond motifs is 1. The molecule has 1 aliphatic carbocycles. The molecule has 0 aliphatic heterocycles. The summed E-state index contributed by atoms with van der Waals surface area (Å²) in [4.78, 5) is 12.5. The maximum absolute atomic E-state index is 12.5. The van der Waals surface area contributed by atoms with E-state index in [9.17, 15) is 4.79 Å². The third-order valence-corrected chi connectivity index (χ3v) is 4.64. The van der Waals surface area contributed by atoms with Crippen LogP contribution in [0.25, 0.3) is 0 Å². The number of aryl methyl sites for hydroxylation is 2. The van der Waals surface area contributed by atoms with E-state index in [1.54, 1.807) is 0 Å². The molecule has 3 nitrogen and oxygen atoms in total. The van der Waals surface area contributed by atoms with Crippen molar-refractivity contribution in [1.29, 1.82) is 0 Å². The van der Waals surface area contributed by atoms with Gasteiger partial charge in [0.25, 0.3) is 5.91 Å². The summed E-state index contributed by atoms with van der Waals surface area (Å²) in [5, 5.41) is 5.24. The Balaban J connectivity index is 1.65. The van der Waals surface area contributed by atoms with Crippen molar-refractivity contribution in [1.82, 2.24) is 0 Å². The van der Waals surface area contributed by atoms with Crippen LogP contribution in [0.1, 0.15) is 42.5 Å². The van der Waals surface area contributed by atoms with E-state index in [2.05, 4.69) is 34.9 Å². The minimum absolute atomic E-state index is 0.0682. The van der Waals surface area contributed by atoms with E-state index >= 15 is 0 Å². The van der Waals surface area contributed by atoms with Crippen molar-refractivity contribution in [3.05, 3.63) is 65.2 Å². The number of hydrogen-bond acceptors (Lipinski definition) is 1. The molecule has 0 saturated carbocycles. The van der Waals surface area contributed by atoms with Crippen LogP contribution in [0.15, 0.2) is 48.5 Å². The number of nitrogens with two attached hydrogens (primary N) is 1. The Morgan fingerprint density at radius 1 is 1.22 bits per heavy atom. The Labute approximate surface area is 138 Å². The number of rotatable bonds is 4. The molecule has 3 N–H and O–H groups in total. The van der Waals surface area contributed by atoms with Crippen molar-refractivity contribution < 1.29 is 10.1 Å². The van der Waals surface area contributed by atoms with Crippen LogP contribution in [0.5, 0.6) is 0 Å². The van der Waals surface area contributed by atoms with Crippen LogP contribution in [0.3, 0.4) is 0 Å². The predicted molar refractivity (Wildman–Crippen MR) is 93.3 cm³/mol. The van der Waals surface area contributed by atoms with Gasteiger partial charge in [0.15, 0.2) is 6.04 Å². The summed E-state index contributed by atoms with van der Waals surface area (Å²) in [5.41, 5.74) is 4.86. The fraction of sp³-hybridized carbons (Fsp3) is 0.350. The zero-order chi connectivity index (χ0) is 16.2. The normalized spacial score (nSPS) is 18.1. The topological polar surface area (TPSA) is 45.7 Å². The van der Waals surface area contributed by atoms with Crippen LogP contribution < -0.4 is 10.6 Å². The third kappa shape index (κ3) is 3.80. The van der Waals surface area contributed by atoms with Gasteiger partial charge < -0.3 is 10.6 Å². The van der Waals surface area contributed by atoms with E-state index in [-0.39, 0.29) is 11.9 Å². The number of carbonyl (C=O) groups excluding carboxylic acids is 1. The largest absolute Gasteiger partial charge is 0.330 e. The van der Waals surface area contributed by atoms with Crippen molar-refractivity contribution >= 4 is 11.6 Å². The molecule has 0 radical (unpaired) electrons. The molecule has 1 amide bonds. The van der Waals surface area contributed by atoms with Gasteiger partial charge in [-0.3, -0.25) is 4.79 Å².